The minimum atomic E-state index is -0.409. The maximum Gasteiger partial charge on any atom is 0.319 e. The molecule has 0 radical (unpaired) electrons. The first-order valence-electron chi connectivity index (χ1n) is 6.36. The molecular weight excluding hydrogens is 264 g/mol. The van der Waals surface area contributed by atoms with E-state index < -0.39 is 5.54 Å². The van der Waals surface area contributed by atoms with E-state index in [0.717, 1.165) is 12.0 Å². The standard InChI is InChI=1S/C14H21ClN2O2/c1-4-14(3,7-8-18)17-13(19)16-11-6-5-10(2)12(15)9-11/h5-6,9,18H,4,7-8H2,1-3H3,(H2,16,17,19). The molecule has 1 atom stereocenters. The van der Waals surface area contributed by atoms with Gasteiger partial charge in [0.05, 0.1) is 0 Å². The molecule has 5 heteroatoms. The fourth-order valence-corrected chi connectivity index (χ4v) is 1.86. The van der Waals surface area contributed by atoms with Crippen LogP contribution in [0.25, 0.3) is 0 Å². The number of carbonyl (C=O) groups excluding carboxylic acids is 1. The van der Waals surface area contributed by atoms with Gasteiger partial charge in [-0.25, -0.2) is 4.79 Å². The lowest BCUT2D eigenvalue weighted by molar-refractivity contribution is 0.208. The average Bonchev–Trinajstić information content (AvgIpc) is 2.34. The van der Waals surface area contributed by atoms with E-state index >= 15 is 0 Å². The van der Waals surface area contributed by atoms with Crippen molar-refractivity contribution in [1.82, 2.24) is 5.32 Å². The summed E-state index contributed by atoms with van der Waals surface area (Å²) in [4.78, 5) is 11.9. The number of anilines is 1. The van der Waals surface area contributed by atoms with Crippen LogP contribution in [0.15, 0.2) is 18.2 Å². The van der Waals surface area contributed by atoms with E-state index in [0.29, 0.717) is 17.1 Å². The molecule has 1 unspecified atom stereocenters. The quantitative estimate of drug-likeness (QED) is 0.777. The van der Waals surface area contributed by atoms with Crippen molar-refractivity contribution in [1.29, 1.82) is 0 Å². The Bertz CT molecular complexity index is 451. The molecule has 0 heterocycles. The van der Waals surface area contributed by atoms with Crippen LogP contribution in [0.3, 0.4) is 0 Å². The molecule has 1 aromatic rings. The largest absolute Gasteiger partial charge is 0.396 e. The normalized spacial score (nSPS) is 13.7. The fraction of sp³-hybridized carbons (Fsp3) is 0.500. The van der Waals surface area contributed by atoms with Crippen LogP contribution in [0.1, 0.15) is 32.3 Å². The Morgan fingerprint density at radius 2 is 2.16 bits per heavy atom. The number of aliphatic hydroxyl groups is 1. The van der Waals surface area contributed by atoms with E-state index in [-0.39, 0.29) is 12.6 Å². The van der Waals surface area contributed by atoms with Crippen molar-refractivity contribution in [3.63, 3.8) is 0 Å². The Hall–Kier alpha value is -1.26. The van der Waals surface area contributed by atoms with Gasteiger partial charge in [-0.3, -0.25) is 0 Å². The second-order valence-electron chi connectivity index (χ2n) is 4.93. The van der Waals surface area contributed by atoms with Gasteiger partial charge in [0.2, 0.25) is 0 Å². The van der Waals surface area contributed by atoms with Crippen LogP contribution >= 0.6 is 11.6 Å². The lowest BCUT2D eigenvalue weighted by Crippen LogP contribution is -2.48. The number of aliphatic hydroxyl groups excluding tert-OH is 1. The summed E-state index contributed by atoms with van der Waals surface area (Å²) in [6.45, 7) is 5.83. The summed E-state index contributed by atoms with van der Waals surface area (Å²) in [5.74, 6) is 0. The van der Waals surface area contributed by atoms with E-state index in [1.165, 1.54) is 0 Å². The molecule has 0 aliphatic carbocycles. The first-order valence-corrected chi connectivity index (χ1v) is 6.74. The third-order valence-corrected chi connectivity index (χ3v) is 3.70. The topological polar surface area (TPSA) is 61.4 Å². The molecule has 3 N–H and O–H groups in total. The number of amides is 2. The van der Waals surface area contributed by atoms with Crippen LogP contribution < -0.4 is 10.6 Å². The predicted molar refractivity (Wildman–Crippen MR) is 78.7 cm³/mol. The molecule has 4 nitrogen and oxygen atoms in total. The Kier molecular flexibility index (Phi) is 5.63. The Labute approximate surface area is 119 Å². The van der Waals surface area contributed by atoms with Crippen LogP contribution in [0.2, 0.25) is 5.02 Å². The number of hydrogen-bond acceptors (Lipinski definition) is 2. The highest BCUT2D eigenvalue weighted by molar-refractivity contribution is 6.31. The molecule has 0 saturated heterocycles. The minimum Gasteiger partial charge on any atom is -0.396 e. The maximum absolute atomic E-state index is 11.9. The van der Waals surface area contributed by atoms with Gasteiger partial charge in [0.25, 0.3) is 0 Å². The molecule has 0 fully saturated rings. The summed E-state index contributed by atoms with van der Waals surface area (Å²) < 4.78 is 0. The molecule has 0 aliphatic rings. The van der Waals surface area contributed by atoms with Crippen molar-refractivity contribution in [2.45, 2.75) is 39.2 Å². The number of hydrogen-bond donors (Lipinski definition) is 3. The molecular formula is C14H21ClN2O2. The predicted octanol–water partition coefficient (Wildman–Crippen LogP) is 3.32. The Balaban J connectivity index is 2.66. The monoisotopic (exact) mass is 284 g/mol. The molecule has 19 heavy (non-hydrogen) atoms. The molecule has 0 aliphatic heterocycles. The van der Waals surface area contributed by atoms with E-state index in [2.05, 4.69) is 10.6 Å². The summed E-state index contributed by atoms with van der Waals surface area (Å²) in [6, 6.07) is 5.07. The molecule has 1 aromatic carbocycles. The van der Waals surface area contributed by atoms with Crippen LogP contribution in [0, 0.1) is 6.92 Å². The molecule has 1 rings (SSSR count). The number of rotatable bonds is 5. The van der Waals surface area contributed by atoms with E-state index in [1.54, 1.807) is 12.1 Å². The van der Waals surface area contributed by atoms with Gasteiger partial charge in [0, 0.05) is 22.9 Å². The van der Waals surface area contributed by atoms with Crippen molar-refractivity contribution in [2.24, 2.45) is 0 Å². The molecule has 0 aromatic heterocycles. The Morgan fingerprint density at radius 3 is 2.68 bits per heavy atom. The maximum atomic E-state index is 11.9. The minimum absolute atomic E-state index is 0.0426. The van der Waals surface area contributed by atoms with E-state index in [1.807, 2.05) is 26.8 Å². The smallest absolute Gasteiger partial charge is 0.319 e. The lowest BCUT2D eigenvalue weighted by atomic mass is 9.95. The van der Waals surface area contributed by atoms with Gasteiger partial charge in [-0.05, 0) is 44.4 Å². The number of nitrogens with one attached hydrogen (secondary N) is 2. The van der Waals surface area contributed by atoms with E-state index in [9.17, 15) is 4.79 Å². The number of carbonyl (C=O) groups is 1. The van der Waals surface area contributed by atoms with Crippen molar-refractivity contribution < 1.29 is 9.90 Å². The Morgan fingerprint density at radius 1 is 1.47 bits per heavy atom. The second-order valence-corrected chi connectivity index (χ2v) is 5.34. The molecule has 2 amide bonds. The van der Waals surface area contributed by atoms with Gasteiger partial charge in [-0.15, -0.1) is 0 Å². The molecule has 0 spiro atoms. The van der Waals surface area contributed by atoms with Crippen molar-refractivity contribution in [3.05, 3.63) is 28.8 Å². The van der Waals surface area contributed by atoms with Gasteiger partial charge in [0.1, 0.15) is 0 Å². The highest BCUT2D eigenvalue weighted by Gasteiger charge is 2.23. The first-order chi connectivity index (χ1) is 8.90. The van der Waals surface area contributed by atoms with Crippen molar-refractivity contribution >= 4 is 23.3 Å². The van der Waals surface area contributed by atoms with Crippen molar-refractivity contribution in [3.8, 4) is 0 Å². The summed E-state index contributed by atoms with van der Waals surface area (Å²) in [5.41, 5.74) is 1.20. The van der Waals surface area contributed by atoms with E-state index in [4.69, 9.17) is 16.7 Å². The van der Waals surface area contributed by atoms with Gasteiger partial charge >= 0.3 is 6.03 Å². The zero-order valence-corrected chi connectivity index (χ0v) is 12.3. The van der Waals surface area contributed by atoms with Crippen LogP contribution in [0.5, 0.6) is 0 Å². The zero-order valence-electron chi connectivity index (χ0n) is 11.6. The zero-order chi connectivity index (χ0) is 14.5. The molecule has 106 valence electrons. The fourth-order valence-electron chi connectivity index (χ4n) is 1.68. The summed E-state index contributed by atoms with van der Waals surface area (Å²) in [5, 5.41) is 15.2. The van der Waals surface area contributed by atoms with Crippen LogP contribution in [-0.2, 0) is 0 Å². The highest BCUT2D eigenvalue weighted by Crippen LogP contribution is 2.20. The van der Waals surface area contributed by atoms with Crippen LogP contribution in [0.4, 0.5) is 10.5 Å². The van der Waals surface area contributed by atoms with Gasteiger partial charge in [0.15, 0.2) is 0 Å². The van der Waals surface area contributed by atoms with Crippen LogP contribution in [-0.4, -0.2) is 23.3 Å². The van der Waals surface area contributed by atoms with Crippen molar-refractivity contribution in [2.75, 3.05) is 11.9 Å². The molecule has 0 saturated carbocycles. The number of benzene rings is 1. The third kappa shape index (κ3) is 4.73. The highest BCUT2D eigenvalue weighted by atomic mass is 35.5. The lowest BCUT2D eigenvalue weighted by Gasteiger charge is -2.29. The van der Waals surface area contributed by atoms with Gasteiger partial charge in [-0.1, -0.05) is 24.6 Å². The average molecular weight is 285 g/mol. The summed E-state index contributed by atoms with van der Waals surface area (Å²) >= 11 is 6.00. The number of halogens is 1. The summed E-state index contributed by atoms with van der Waals surface area (Å²) in [6.07, 6.45) is 1.27. The molecule has 0 bridgehead atoms. The number of urea groups is 1. The van der Waals surface area contributed by atoms with Gasteiger partial charge < -0.3 is 15.7 Å². The summed E-state index contributed by atoms with van der Waals surface area (Å²) in [7, 11) is 0. The first kappa shape index (κ1) is 15.8. The SMILES string of the molecule is CCC(C)(CCO)NC(=O)Nc1ccc(C)c(Cl)c1. The number of aryl methyl sites for hydroxylation is 1. The second kappa shape index (κ2) is 6.78. The third-order valence-electron chi connectivity index (χ3n) is 3.29. The van der Waals surface area contributed by atoms with Gasteiger partial charge in [-0.2, -0.15) is 0 Å².